The minimum absolute atomic E-state index is 0.638. The van der Waals surface area contributed by atoms with Gasteiger partial charge in [-0.05, 0) is 32.7 Å². The Morgan fingerprint density at radius 2 is 1.78 bits per heavy atom. The zero-order chi connectivity index (χ0) is 13.0. The molecule has 0 amide bonds. The van der Waals surface area contributed by atoms with Gasteiger partial charge in [-0.3, -0.25) is 4.90 Å². The molecular weight excluding hydrogens is 222 g/mol. The van der Waals surface area contributed by atoms with Crippen molar-refractivity contribution in [2.75, 3.05) is 33.2 Å². The standard InChI is InChI=1S/C15H31N3/c1-13-12-18(10-9-17(13)2)15(11-16)14-7-5-3-4-6-8-14/h13-15H,3-12,16H2,1-2H3. The molecule has 1 heterocycles. The second-order valence-corrected chi connectivity index (χ2v) is 6.38. The molecule has 1 saturated carbocycles. The normalized spacial score (nSPS) is 31.2. The molecule has 0 aromatic rings. The van der Waals surface area contributed by atoms with Crippen molar-refractivity contribution in [2.24, 2.45) is 11.7 Å². The molecule has 1 aliphatic heterocycles. The second-order valence-electron chi connectivity index (χ2n) is 6.38. The van der Waals surface area contributed by atoms with Crippen LogP contribution in [0.1, 0.15) is 45.4 Å². The first kappa shape index (κ1) is 14.3. The fourth-order valence-corrected chi connectivity index (χ4v) is 3.71. The Kier molecular flexibility index (Phi) is 5.46. The largest absolute Gasteiger partial charge is 0.329 e. The van der Waals surface area contributed by atoms with E-state index in [2.05, 4.69) is 23.8 Å². The maximum absolute atomic E-state index is 6.11. The quantitative estimate of drug-likeness (QED) is 0.780. The minimum atomic E-state index is 0.638. The number of hydrogen-bond donors (Lipinski definition) is 1. The fourth-order valence-electron chi connectivity index (χ4n) is 3.71. The van der Waals surface area contributed by atoms with Crippen molar-refractivity contribution in [2.45, 2.75) is 57.5 Å². The van der Waals surface area contributed by atoms with E-state index in [1.807, 2.05) is 0 Å². The molecule has 0 radical (unpaired) electrons. The predicted molar refractivity (Wildman–Crippen MR) is 77.7 cm³/mol. The van der Waals surface area contributed by atoms with Gasteiger partial charge in [0, 0.05) is 38.3 Å². The average molecular weight is 253 g/mol. The van der Waals surface area contributed by atoms with Gasteiger partial charge in [0.15, 0.2) is 0 Å². The highest BCUT2D eigenvalue weighted by Crippen LogP contribution is 2.28. The zero-order valence-corrected chi connectivity index (χ0v) is 12.3. The summed E-state index contributed by atoms with van der Waals surface area (Å²) in [6, 6.07) is 1.32. The van der Waals surface area contributed by atoms with E-state index < -0.39 is 0 Å². The Labute approximate surface area is 113 Å². The molecule has 2 unspecified atom stereocenters. The number of nitrogens with two attached hydrogens (primary N) is 1. The molecule has 2 rings (SSSR count). The van der Waals surface area contributed by atoms with E-state index in [0.717, 1.165) is 12.5 Å². The first-order valence-electron chi connectivity index (χ1n) is 7.86. The van der Waals surface area contributed by atoms with Crippen LogP contribution in [-0.2, 0) is 0 Å². The van der Waals surface area contributed by atoms with Crippen LogP contribution in [0, 0.1) is 5.92 Å². The van der Waals surface area contributed by atoms with E-state index in [1.165, 1.54) is 58.2 Å². The van der Waals surface area contributed by atoms with E-state index in [9.17, 15) is 0 Å². The molecule has 106 valence electrons. The Balaban J connectivity index is 1.94. The van der Waals surface area contributed by atoms with Crippen LogP contribution in [0.25, 0.3) is 0 Å². The van der Waals surface area contributed by atoms with E-state index in [-0.39, 0.29) is 0 Å². The highest BCUT2D eigenvalue weighted by Gasteiger charge is 2.30. The van der Waals surface area contributed by atoms with Gasteiger partial charge in [0.05, 0.1) is 0 Å². The number of hydrogen-bond acceptors (Lipinski definition) is 3. The van der Waals surface area contributed by atoms with Crippen LogP contribution in [0.2, 0.25) is 0 Å². The van der Waals surface area contributed by atoms with Crippen LogP contribution < -0.4 is 5.73 Å². The maximum Gasteiger partial charge on any atom is 0.0247 e. The third kappa shape index (κ3) is 3.46. The molecule has 0 bridgehead atoms. The van der Waals surface area contributed by atoms with E-state index in [0.29, 0.717) is 12.1 Å². The van der Waals surface area contributed by atoms with Gasteiger partial charge in [-0.15, -0.1) is 0 Å². The maximum atomic E-state index is 6.11. The molecule has 0 aromatic heterocycles. The average Bonchev–Trinajstić information content (AvgIpc) is 2.64. The number of likely N-dealkylation sites (N-methyl/N-ethyl adjacent to an activating group) is 1. The predicted octanol–water partition coefficient (Wildman–Crippen LogP) is 1.92. The smallest absolute Gasteiger partial charge is 0.0247 e. The number of rotatable bonds is 3. The summed E-state index contributed by atoms with van der Waals surface area (Å²) in [5, 5.41) is 0. The Bertz CT molecular complexity index is 236. The van der Waals surface area contributed by atoms with Gasteiger partial charge in [-0.2, -0.15) is 0 Å². The van der Waals surface area contributed by atoms with Gasteiger partial charge in [0.25, 0.3) is 0 Å². The van der Waals surface area contributed by atoms with E-state index in [4.69, 9.17) is 5.73 Å². The lowest BCUT2D eigenvalue weighted by Crippen LogP contribution is -2.57. The van der Waals surface area contributed by atoms with Crippen molar-refractivity contribution in [1.82, 2.24) is 9.80 Å². The molecule has 2 aliphatic rings. The monoisotopic (exact) mass is 253 g/mol. The summed E-state index contributed by atoms with van der Waals surface area (Å²) >= 11 is 0. The van der Waals surface area contributed by atoms with Crippen LogP contribution >= 0.6 is 0 Å². The molecule has 1 aliphatic carbocycles. The van der Waals surface area contributed by atoms with Crippen molar-refractivity contribution in [3.8, 4) is 0 Å². The van der Waals surface area contributed by atoms with Crippen LogP contribution in [0.5, 0.6) is 0 Å². The molecule has 2 atom stereocenters. The molecule has 1 saturated heterocycles. The van der Waals surface area contributed by atoms with Gasteiger partial charge in [0.2, 0.25) is 0 Å². The highest BCUT2D eigenvalue weighted by atomic mass is 15.3. The lowest BCUT2D eigenvalue weighted by molar-refractivity contribution is 0.0484. The molecule has 2 N–H and O–H groups in total. The molecule has 3 heteroatoms. The summed E-state index contributed by atoms with van der Waals surface area (Å²) in [5.41, 5.74) is 6.11. The van der Waals surface area contributed by atoms with Crippen molar-refractivity contribution < 1.29 is 0 Å². The SMILES string of the molecule is CC1CN(C(CN)C2CCCCCC2)CCN1C. The Hall–Kier alpha value is -0.120. The lowest BCUT2D eigenvalue weighted by Gasteiger charge is -2.44. The summed E-state index contributed by atoms with van der Waals surface area (Å²) in [6.07, 6.45) is 8.53. The van der Waals surface area contributed by atoms with E-state index >= 15 is 0 Å². The van der Waals surface area contributed by atoms with Crippen LogP contribution in [0.3, 0.4) is 0 Å². The topological polar surface area (TPSA) is 32.5 Å². The van der Waals surface area contributed by atoms with Gasteiger partial charge in [-0.1, -0.05) is 25.7 Å². The van der Waals surface area contributed by atoms with Crippen molar-refractivity contribution in [3.63, 3.8) is 0 Å². The summed E-state index contributed by atoms with van der Waals surface area (Å²) in [6.45, 7) is 6.80. The second kappa shape index (κ2) is 6.88. The summed E-state index contributed by atoms with van der Waals surface area (Å²) in [4.78, 5) is 5.15. The fraction of sp³-hybridized carbons (Fsp3) is 1.00. The third-order valence-electron chi connectivity index (χ3n) is 5.15. The van der Waals surface area contributed by atoms with Gasteiger partial charge in [-0.25, -0.2) is 0 Å². The lowest BCUT2D eigenvalue weighted by atomic mass is 9.90. The van der Waals surface area contributed by atoms with Gasteiger partial charge >= 0.3 is 0 Å². The van der Waals surface area contributed by atoms with Crippen molar-refractivity contribution in [1.29, 1.82) is 0 Å². The van der Waals surface area contributed by atoms with Crippen molar-refractivity contribution in [3.05, 3.63) is 0 Å². The zero-order valence-electron chi connectivity index (χ0n) is 12.3. The van der Waals surface area contributed by atoms with Crippen molar-refractivity contribution >= 4 is 0 Å². The first-order chi connectivity index (χ1) is 8.72. The summed E-state index contributed by atoms with van der Waals surface area (Å²) < 4.78 is 0. The van der Waals surface area contributed by atoms with Crippen LogP contribution in [-0.4, -0.2) is 55.1 Å². The number of piperazine rings is 1. The Morgan fingerprint density at radius 3 is 2.33 bits per heavy atom. The van der Waals surface area contributed by atoms with Gasteiger partial charge < -0.3 is 10.6 Å². The molecule has 0 spiro atoms. The van der Waals surface area contributed by atoms with Crippen LogP contribution in [0.4, 0.5) is 0 Å². The molecule has 3 nitrogen and oxygen atoms in total. The molecular formula is C15H31N3. The first-order valence-corrected chi connectivity index (χ1v) is 7.86. The van der Waals surface area contributed by atoms with Gasteiger partial charge in [0.1, 0.15) is 0 Å². The van der Waals surface area contributed by atoms with Crippen LogP contribution in [0.15, 0.2) is 0 Å². The minimum Gasteiger partial charge on any atom is -0.329 e. The Morgan fingerprint density at radius 1 is 1.11 bits per heavy atom. The number of nitrogens with zero attached hydrogens (tertiary/aromatic N) is 2. The highest BCUT2D eigenvalue weighted by molar-refractivity contribution is 4.87. The molecule has 0 aromatic carbocycles. The summed E-state index contributed by atoms with van der Waals surface area (Å²) in [7, 11) is 2.24. The third-order valence-corrected chi connectivity index (χ3v) is 5.15. The molecule has 2 fully saturated rings. The summed E-state index contributed by atoms with van der Waals surface area (Å²) in [5.74, 6) is 0.855. The molecule has 18 heavy (non-hydrogen) atoms. The van der Waals surface area contributed by atoms with E-state index in [1.54, 1.807) is 0 Å².